The smallest absolute Gasteiger partial charge is 0.387 e. The van der Waals surface area contributed by atoms with E-state index in [1.165, 1.54) is 6.07 Å². The van der Waals surface area contributed by atoms with Crippen LogP contribution >= 0.6 is 0 Å². The third-order valence-corrected chi connectivity index (χ3v) is 1.58. The Morgan fingerprint density at radius 3 is 2.60 bits per heavy atom. The maximum absolute atomic E-state index is 13.2. The molecule has 0 saturated carbocycles. The van der Waals surface area contributed by atoms with E-state index in [1.54, 1.807) is 0 Å². The van der Waals surface area contributed by atoms with Crippen LogP contribution in [0.3, 0.4) is 0 Å². The molecule has 0 aliphatic heterocycles. The van der Waals surface area contributed by atoms with Crippen molar-refractivity contribution in [3.63, 3.8) is 0 Å². The molecule has 1 rings (SSSR count). The number of carbonyl (C=O) groups excluding carboxylic acids is 1. The van der Waals surface area contributed by atoms with Crippen LogP contribution in [0.1, 0.15) is 15.9 Å². The number of hydrogen-bond acceptors (Lipinski definition) is 3. The fourth-order valence-electron chi connectivity index (χ4n) is 0.959. The summed E-state index contributed by atoms with van der Waals surface area (Å²) in [6.45, 7) is -3.26. The van der Waals surface area contributed by atoms with Gasteiger partial charge in [-0.05, 0) is 12.1 Å². The minimum Gasteiger partial charge on any atom is -0.431 e. The van der Waals surface area contributed by atoms with Crippen molar-refractivity contribution in [1.82, 2.24) is 0 Å². The van der Waals surface area contributed by atoms with Crippen molar-refractivity contribution in [3.05, 3.63) is 29.1 Å². The molecule has 0 spiro atoms. The molecule has 0 aliphatic rings. The molecule has 0 radical (unpaired) electrons. The van der Waals surface area contributed by atoms with Crippen molar-refractivity contribution in [2.75, 3.05) is 0 Å². The molecule has 0 saturated heterocycles. The van der Waals surface area contributed by atoms with Crippen LogP contribution < -0.4 is 4.74 Å². The van der Waals surface area contributed by atoms with Crippen molar-refractivity contribution < 1.29 is 22.7 Å². The van der Waals surface area contributed by atoms with Crippen molar-refractivity contribution in [2.24, 2.45) is 0 Å². The van der Waals surface area contributed by atoms with E-state index < -0.39 is 23.7 Å². The summed E-state index contributed by atoms with van der Waals surface area (Å²) >= 11 is 0. The van der Waals surface area contributed by atoms with Gasteiger partial charge in [0.15, 0.2) is 17.9 Å². The molecule has 0 aromatic heterocycles. The SMILES string of the molecule is N#Cc1ccc(C=O)c(OC(F)F)c1F. The van der Waals surface area contributed by atoms with E-state index in [9.17, 15) is 18.0 Å². The van der Waals surface area contributed by atoms with Crippen LogP contribution in [0.5, 0.6) is 5.75 Å². The molecule has 6 heteroatoms. The summed E-state index contributed by atoms with van der Waals surface area (Å²) < 4.78 is 40.8. The van der Waals surface area contributed by atoms with Gasteiger partial charge in [0.1, 0.15) is 6.07 Å². The Labute approximate surface area is 82.7 Å². The second-order valence-electron chi connectivity index (χ2n) is 2.45. The number of ether oxygens (including phenoxy) is 1. The molecule has 0 unspecified atom stereocenters. The van der Waals surface area contributed by atoms with Gasteiger partial charge in [0.05, 0.1) is 11.1 Å². The summed E-state index contributed by atoms with van der Waals surface area (Å²) in [7, 11) is 0. The van der Waals surface area contributed by atoms with Crippen LogP contribution in [0.15, 0.2) is 12.1 Å². The van der Waals surface area contributed by atoms with E-state index >= 15 is 0 Å². The van der Waals surface area contributed by atoms with Crippen molar-refractivity contribution in [3.8, 4) is 11.8 Å². The molecule has 0 heterocycles. The topological polar surface area (TPSA) is 50.1 Å². The Morgan fingerprint density at radius 2 is 2.13 bits per heavy atom. The van der Waals surface area contributed by atoms with E-state index in [0.29, 0.717) is 0 Å². The summed E-state index contributed by atoms with van der Waals surface area (Å²) in [6.07, 6.45) is 0.169. The molecule has 0 amide bonds. The van der Waals surface area contributed by atoms with Gasteiger partial charge in [-0.3, -0.25) is 4.79 Å². The highest BCUT2D eigenvalue weighted by atomic mass is 19.3. The molecule has 0 fully saturated rings. The zero-order valence-electron chi connectivity index (χ0n) is 7.21. The van der Waals surface area contributed by atoms with E-state index in [4.69, 9.17) is 5.26 Å². The quantitative estimate of drug-likeness (QED) is 0.725. The second kappa shape index (κ2) is 4.46. The maximum Gasteiger partial charge on any atom is 0.387 e. The molecule has 0 atom stereocenters. The lowest BCUT2D eigenvalue weighted by atomic mass is 10.1. The zero-order valence-corrected chi connectivity index (χ0v) is 7.21. The van der Waals surface area contributed by atoms with Crippen molar-refractivity contribution in [1.29, 1.82) is 5.26 Å². The molecule has 0 aliphatic carbocycles. The van der Waals surface area contributed by atoms with Crippen LogP contribution in [-0.2, 0) is 0 Å². The van der Waals surface area contributed by atoms with Gasteiger partial charge in [0.25, 0.3) is 0 Å². The number of rotatable bonds is 3. The lowest BCUT2D eigenvalue weighted by molar-refractivity contribution is -0.0524. The Balaban J connectivity index is 3.30. The molecule has 78 valence electrons. The van der Waals surface area contributed by atoms with Crippen LogP contribution in [0, 0.1) is 17.1 Å². The predicted molar refractivity (Wildman–Crippen MR) is 43.1 cm³/mol. The van der Waals surface area contributed by atoms with Gasteiger partial charge in [-0.2, -0.15) is 14.0 Å². The Morgan fingerprint density at radius 1 is 1.47 bits per heavy atom. The van der Waals surface area contributed by atoms with Crippen molar-refractivity contribution >= 4 is 6.29 Å². The average Bonchev–Trinajstić information content (AvgIpc) is 2.20. The largest absolute Gasteiger partial charge is 0.431 e. The number of nitriles is 1. The van der Waals surface area contributed by atoms with Gasteiger partial charge in [-0.1, -0.05) is 0 Å². The molecular formula is C9H4F3NO2. The van der Waals surface area contributed by atoms with Gasteiger partial charge in [0, 0.05) is 0 Å². The molecule has 1 aromatic rings. The van der Waals surface area contributed by atoms with E-state index in [-0.39, 0.29) is 11.8 Å². The third-order valence-electron chi connectivity index (χ3n) is 1.58. The minimum atomic E-state index is -3.26. The van der Waals surface area contributed by atoms with E-state index in [0.717, 1.165) is 12.1 Å². The van der Waals surface area contributed by atoms with Crippen molar-refractivity contribution in [2.45, 2.75) is 6.61 Å². The number of hydrogen-bond donors (Lipinski definition) is 0. The number of carbonyl (C=O) groups is 1. The third kappa shape index (κ3) is 2.26. The first-order chi connectivity index (χ1) is 7.10. The first-order valence-electron chi connectivity index (χ1n) is 3.72. The Bertz CT molecular complexity index is 426. The van der Waals surface area contributed by atoms with Gasteiger partial charge in [-0.15, -0.1) is 0 Å². The van der Waals surface area contributed by atoms with Crippen LogP contribution in [0.2, 0.25) is 0 Å². The lowest BCUT2D eigenvalue weighted by Crippen LogP contribution is -2.07. The fraction of sp³-hybridized carbons (Fsp3) is 0.111. The monoisotopic (exact) mass is 215 g/mol. The van der Waals surface area contributed by atoms with Gasteiger partial charge in [0.2, 0.25) is 0 Å². The zero-order chi connectivity index (χ0) is 11.4. The highest BCUT2D eigenvalue weighted by molar-refractivity contribution is 5.80. The van der Waals surface area contributed by atoms with Crippen LogP contribution in [-0.4, -0.2) is 12.9 Å². The summed E-state index contributed by atoms with van der Waals surface area (Å²) in [5.74, 6) is -2.17. The second-order valence-corrected chi connectivity index (χ2v) is 2.45. The summed E-state index contributed by atoms with van der Waals surface area (Å²) in [6, 6.07) is 3.49. The number of halogens is 3. The predicted octanol–water partition coefficient (Wildman–Crippen LogP) is 2.11. The number of nitrogens with zero attached hydrogens (tertiary/aromatic N) is 1. The Kier molecular flexibility index (Phi) is 3.29. The summed E-state index contributed by atoms with van der Waals surface area (Å²) in [5.41, 5.74) is -0.831. The van der Waals surface area contributed by atoms with Gasteiger partial charge < -0.3 is 4.74 Å². The number of benzene rings is 1. The van der Waals surface area contributed by atoms with E-state index in [1.807, 2.05) is 0 Å². The number of aldehydes is 1. The van der Waals surface area contributed by atoms with Crippen LogP contribution in [0.4, 0.5) is 13.2 Å². The highest BCUT2D eigenvalue weighted by Gasteiger charge is 2.17. The first-order valence-corrected chi connectivity index (χ1v) is 3.72. The molecular weight excluding hydrogens is 211 g/mol. The lowest BCUT2D eigenvalue weighted by Gasteiger charge is -2.08. The van der Waals surface area contributed by atoms with Gasteiger partial charge in [-0.25, -0.2) is 4.39 Å². The molecule has 15 heavy (non-hydrogen) atoms. The number of alkyl halides is 2. The Hall–Kier alpha value is -2.03. The molecule has 0 N–H and O–H groups in total. The van der Waals surface area contributed by atoms with Crippen LogP contribution in [0.25, 0.3) is 0 Å². The summed E-state index contributed by atoms with van der Waals surface area (Å²) in [5, 5.41) is 8.42. The van der Waals surface area contributed by atoms with E-state index in [2.05, 4.69) is 4.74 Å². The molecule has 3 nitrogen and oxygen atoms in total. The fourth-order valence-corrected chi connectivity index (χ4v) is 0.959. The first kappa shape index (κ1) is 11.0. The summed E-state index contributed by atoms with van der Waals surface area (Å²) in [4.78, 5) is 10.4. The highest BCUT2D eigenvalue weighted by Crippen LogP contribution is 2.25. The molecule has 0 bridgehead atoms. The average molecular weight is 215 g/mol. The minimum absolute atomic E-state index is 0.169. The van der Waals surface area contributed by atoms with Gasteiger partial charge >= 0.3 is 6.61 Å². The normalized spacial score (nSPS) is 9.80. The molecule has 1 aromatic carbocycles. The maximum atomic E-state index is 13.2. The standard InChI is InChI=1S/C9H4F3NO2/c10-7-5(3-13)1-2-6(4-14)8(7)15-9(11)12/h1-2,4,9H.